The highest BCUT2D eigenvalue weighted by atomic mass is 15.3. The van der Waals surface area contributed by atoms with Crippen molar-refractivity contribution in [2.45, 2.75) is 39.2 Å². The maximum atomic E-state index is 4.71. The molecule has 0 saturated heterocycles. The Balaban J connectivity index is 1.48. The van der Waals surface area contributed by atoms with Crippen molar-refractivity contribution >= 4 is 11.5 Å². The van der Waals surface area contributed by atoms with Gasteiger partial charge < -0.3 is 10.6 Å². The third-order valence-electron chi connectivity index (χ3n) is 4.91. The highest BCUT2D eigenvalue weighted by molar-refractivity contribution is 5.63. The summed E-state index contributed by atoms with van der Waals surface area (Å²) in [5, 5.41) is 11.6. The molecule has 1 aliphatic carbocycles. The highest BCUT2D eigenvalue weighted by Crippen LogP contribution is 2.27. The lowest BCUT2D eigenvalue weighted by Gasteiger charge is -2.07. The minimum atomic E-state index is 0.871. The van der Waals surface area contributed by atoms with Gasteiger partial charge in [-0.3, -0.25) is 0 Å². The van der Waals surface area contributed by atoms with Crippen molar-refractivity contribution in [1.29, 1.82) is 0 Å². The standard InChI is InChI=1S/C21H27N5/c1-2-3-12-23-20-10-11-21-24-15-19(26(21)25-20)18-8-6-17(7-9-18)14-22-13-16-4-5-16/h6-11,15-16,22H,2-5,12-14H2,1H3,(H,23,25). The van der Waals surface area contributed by atoms with Crippen LogP contribution in [0.5, 0.6) is 0 Å². The molecule has 0 spiro atoms. The molecule has 1 aliphatic rings. The number of benzene rings is 1. The topological polar surface area (TPSA) is 54.2 Å². The highest BCUT2D eigenvalue weighted by Gasteiger charge is 2.20. The molecule has 1 saturated carbocycles. The van der Waals surface area contributed by atoms with Crippen molar-refractivity contribution in [2.24, 2.45) is 5.92 Å². The van der Waals surface area contributed by atoms with E-state index in [9.17, 15) is 0 Å². The van der Waals surface area contributed by atoms with Gasteiger partial charge in [-0.05, 0) is 49.4 Å². The Bertz CT molecular complexity index is 848. The third-order valence-corrected chi connectivity index (χ3v) is 4.91. The van der Waals surface area contributed by atoms with Crippen LogP contribution in [0.25, 0.3) is 16.9 Å². The zero-order valence-corrected chi connectivity index (χ0v) is 15.4. The van der Waals surface area contributed by atoms with Crippen LogP contribution in [-0.2, 0) is 6.54 Å². The summed E-state index contributed by atoms with van der Waals surface area (Å²) >= 11 is 0. The minimum Gasteiger partial charge on any atom is -0.369 e. The number of imidazole rings is 1. The van der Waals surface area contributed by atoms with Gasteiger partial charge >= 0.3 is 0 Å². The maximum absolute atomic E-state index is 4.71. The Morgan fingerprint density at radius 3 is 2.73 bits per heavy atom. The van der Waals surface area contributed by atoms with Crippen molar-refractivity contribution in [2.75, 3.05) is 18.4 Å². The molecule has 0 bridgehead atoms. The molecular weight excluding hydrogens is 322 g/mol. The number of unbranched alkanes of at least 4 members (excludes halogenated alkanes) is 1. The molecule has 5 heteroatoms. The van der Waals surface area contributed by atoms with Gasteiger partial charge in [-0.25, -0.2) is 9.50 Å². The van der Waals surface area contributed by atoms with Crippen molar-refractivity contribution in [3.05, 3.63) is 48.2 Å². The Hall–Kier alpha value is -2.40. The zero-order chi connectivity index (χ0) is 17.8. The summed E-state index contributed by atoms with van der Waals surface area (Å²) in [6.07, 6.45) is 7.00. The largest absolute Gasteiger partial charge is 0.369 e. The van der Waals surface area contributed by atoms with Crippen LogP contribution in [0.2, 0.25) is 0 Å². The molecular formula is C21H27N5. The summed E-state index contributed by atoms with van der Waals surface area (Å²) in [5.74, 6) is 1.81. The molecule has 26 heavy (non-hydrogen) atoms. The molecule has 0 unspecified atom stereocenters. The number of fused-ring (bicyclic) bond motifs is 1. The van der Waals surface area contributed by atoms with Crippen LogP contribution in [0, 0.1) is 5.92 Å². The Kier molecular flexibility index (Phi) is 5.16. The van der Waals surface area contributed by atoms with Crippen LogP contribution < -0.4 is 10.6 Å². The summed E-state index contributed by atoms with van der Waals surface area (Å²) in [6, 6.07) is 12.7. The van der Waals surface area contributed by atoms with E-state index in [0.717, 1.165) is 54.7 Å². The fourth-order valence-corrected chi connectivity index (χ4v) is 3.09. The molecule has 3 aromatic rings. The lowest BCUT2D eigenvalue weighted by molar-refractivity contribution is 0.639. The van der Waals surface area contributed by atoms with Gasteiger partial charge in [0.2, 0.25) is 0 Å². The quantitative estimate of drug-likeness (QED) is 0.571. The van der Waals surface area contributed by atoms with Gasteiger partial charge in [0.05, 0.1) is 11.9 Å². The molecule has 0 radical (unpaired) electrons. The van der Waals surface area contributed by atoms with E-state index in [1.54, 1.807) is 0 Å². The molecule has 2 heterocycles. The second kappa shape index (κ2) is 7.87. The lowest BCUT2D eigenvalue weighted by Crippen LogP contribution is -2.15. The Morgan fingerprint density at radius 1 is 1.12 bits per heavy atom. The molecule has 2 aromatic heterocycles. The summed E-state index contributed by atoms with van der Waals surface area (Å²) < 4.78 is 1.93. The molecule has 1 aromatic carbocycles. The average Bonchev–Trinajstić information content (AvgIpc) is 3.40. The fraction of sp³-hybridized carbons (Fsp3) is 0.429. The molecule has 0 atom stereocenters. The normalized spacial score (nSPS) is 14.0. The van der Waals surface area contributed by atoms with E-state index in [4.69, 9.17) is 5.10 Å². The first-order valence-electron chi connectivity index (χ1n) is 9.72. The zero-order valence-electron chi connectivity index (χ0n) is 15.4. The van der Waals surface area contributed by atoms with Crippen molar-refractivity contribution in [3.63, 3.8) is 0 Å². The van der Waals surface area contributed by atoms with E-state index in [-0.39, 0.29) is 0 Å². The lowest BCUT2D eigenvalue weighted by atomic mass is 10.1. The predicted octanol–water partition coefficient (Wildman–Crippen LogP) is 4.11. The second-order valence-corrected chi connectivity index (χ2v) is 7.18. The van der Waals surface area contributed by atoms with Crippen molar-refractivity contribution in [1.82, 2.24) is 19.9 Å². The summed E-state index contributed by atoms with van der Waals surface area (Å²) in [5.41, 5.74) is 4.35. The summed E-state index contributed by atoms with van der Waals surface area (Å²) in [7, 11) is 0. The Morgan fingerprint density at radius 2 is 1.96 bits per heavy atom. The number of aromatic nitrogens is 3. The molecule has 2 N–H and O–H groups in total. The van der Waals surface area contributed by atoms with Crippen LogP contribution in [0.3, 0.4) is 0 Å². The number of nitrogens with zero attached hydrogens (tertiary/aromatic N) is 3. The van der Waals surface area contributed by atoms with Gasteiger partial charge in [0, 0.05) is 18.7 Å². The van der Waals surface area contributed by atoms with E-state index < -0.39 is 0 Å². The van der Waals surface area contributed by atoms with Gasteiger partial charge in [0.15, 0.2) is 5.65 Å². The molecule has 5 nitrogen and oxygen atoms in total. The van der Waals surface area contributed by atoms with E-state index >= 15 is 0 Å². The SMILES string of the molecule is CCCCNc1ccc2ncc(-c3ccc(CNCC4CC4)cc3)n2n1. The summed E-state index contributed by atoms with van der Waals surface area (Å²) in [6.45, 7) is 5.22. The number of nitrogens with one attached hydrogen (secondary N) is 2. The van der Waals surface area contributed by atoms with Gasteiger partial charge in [0.25, 0.3) is 0 Å². The third kappa shape index (κ3) is 4.05. The van der Waals surface area contributed by atoms with Gasteiger partial charge in [-0.1, -0.05) is 37.6 Å². The van der Waals surface area contributed by atoms with Crippen LogP contribution in [-0.4, -0.2) is 27.7 Å². The summed E-state index contributed by atoms with van der Waals surface area (Å²) in [4.78, 5) is 4.49. The van der Waals surface area contributed by atoms with Gasteiger partial charge in [-0.2, -0.15) is 0 Å². The molecule has 136 valence electrons. The number of rotatable bonds is 9. The predicted molar refractivity (Wildman–Crippen MR) is 106 cm³/mol. The molecule has 4 rings (SSSR count). The number of anilines is 1. The first-order chi connectivity index (χ1) is 12.8. The van der Waals surface area contributed by atoms with Crippen LogP contribution >= 0.6 is 0 Å². The maximum Gasteiger partial charge on any atom is 0.154 e. The van der Waals surface area contributed by atoms with E-state index in [0.29, 0.717) is 0 Å². The van der Waals surface area contributed by atoms with Gasteiger partial charge in [-0.15, -0.1) is 5.10 Å². The van der Waals surface area contributed by atoms with Crippen molar-refractivity contribution in [3.8, 4) is 11.3 Å². The van der Waals surface area contributed by atoms with Crippen LogP contribution in [0.15, 0.2) is 42.6 Å². The average molecular weight is 349 g/mol. The molecule has 0 amide bonds. The number of hydrogen-bond acceptors (Lipinski definition) is 4. The monoisotopic (exact) mass is 349 g/mol. The van der Waals surface area contributed by atoms with Crippen LogP contribution in [0.4, 0.5) is 5.82 Å². The van der Waals surface area contributed by atoms with Gasteiger partial charge in [0.1, 0.15) is 5.82 Å². The first kappa shape index (κ1) is 17.0. The second-order valence-electron chi connectivity index (χ2n) is 7.18. The van der Waals surface area contributed by atoms with Crippen molar-refractivity contribution < 1.29 is 0 Å². The first-order valence-corrected chi connectivity index (χ1v) is 9.72. The van der Waals surface area contributed by atoms with E-state index in [1.165, 1.54) is 24.8 Å². The Labute approximate surface area is 154 Å². The van der Waals surface area contributed by atoms with E-state index in [1.807, 2.05) is 22.8 Å². The van der Waals surface area contributed by atoms with E-state index in [2.05, 4.69) is 46.8 Å². The fourth-order valence-electron chi connectivity index (χ4n) is 3.09. The molecule has 1 fully saturated rings. The number of hydrogen-bond donors (Lipinski definition) is 2. The minimum absolute atomic E-state index is 0.871. The smallest absolute Gasteiger partial charge is 0.154 e. The van der Waals surface area contributed by atoms with Crippen LogP contribution in [0.1, 0.15) is 38.2 Å². The molecule has 0 aliphatic heterocycles.